The molecule has 1 amide bonds. The van der Waals surface area contributed by atoms with E-state index in [-0.39, 0.29) is 11.8 Å². The number of ether oxygens (including phenoxy) is 1. The van der Waals surface area contributed by atoms with E-state index in [1.54, 1.807) is 0 Å². The molecule has 0 spiro atoms. The van der Waals surface area contributed by atoms with Gasteiger partial charge in [0.2, 0.25) is 5.91 Å². The SMILES string of the molecule is C=CCc1ccccc1OCCn1c(C2CC(=O)N(CC)C2)nc2ccccc21. The van der Waals surface area contributed by atoms with Crippen molar-refractivity contribution in [1.82, 2.24) is 14.5 Å². The quantitative estimate of drug-likeness (QED) is 0.543. The maximum absolute atomic E-state index is 12.3. The minimum absolute atomic E-state index is 0.128. The third-order valence-electron chi connectivity index (χ3n) is 5.55. The Labute approximate surface area is 171 Å². The lowest BCUT2D eigenvalue weighted by molar-refractivity contribution is -0.127. The number of rotatable bonds is 8. The number of para-hydroxylation sites is 3. The van der Waals surface area contributed by atoms with Crippen LogP contribution in [-0.2, 0) is 17.8 Å². The minimum atomic E-state index is 0.128. The van der Waals surface area contributed by atoms with Gasteiger partial charge in [-0.25, -0.2) is 4.98 Å². The van der Waals surface area contributed by atoms with Crippen molar-refractivity contribution in [3.63, 3.8) is 0 Å². The molecular formula is C24H27N3O2. The number of fused-ring (bicyclic) bond motifs is 1. The second kappa shape index (κ2) is 8.52. The Kier molecular flexibility index (Phi) is 5.65. The van der Waals surface area contributed by atoms with Crippen LogP contribution in [0.5, 0.6) is 5.75 Å². The number of benzene rings is 2. The van der Waals surface area contributed by atoms with Crippen LogP contribution in [0.15, 0.2) is 61.2 Å². The van der Waals surface area contributed by atoms with Gasteiger partial charge >= 0.3 is 0 Å². The normalized spacial score (nSPS) is 16.5. The van der Waals surface area contributed by atoms with Gasteiger partial charge in [0.1, 0.15) is 18.2 Å². The molecule has 1 unspecified atom stereocenters. The Morgan fingerprint density at radius 2 is 2.00 bits per heavy atom. The Hall–Kier alpha value is -3.08. The molecule has 150 valence electrons. The van der Waals surface area contributed by atoms with E-state index in [2.05, 4.69) is 23.3 Å². The maximum atomic E-state index is 12.3. The summed E-state index contributed by atoms with van der Waals surface area (Å²) in [4.78, 5) is 19.1. The molecule has 5 heteroatoms. The molecule has 3 aromatic rings. The van der Waals surface area contributed by atoms with Crippen molar-refractivity contribution in [2.24, 2.45) is 0 Å². The average Bonchev–Trinajstić information content (AvgIpc) is 3.30. The number of nitrogens with zero attached hydrogens (tertiary/aromatic N) is 3. The lowest BCUT2D eigenvalue weighted by Crippen LogP contribution is -2.24. The highest BCUT2D eigenvalue weighted by Gasteiger charge is 2.33. The first-order valence-electron chi connectivity index (χ1n) is 10.3. The summed E-state index contributed by atoms with van der Waals surface area (Å²) < 4.78 is 8.34. The summed E-state index contributed by atoms with van der Waals surface area (Å²) in [6, 6.07) is 16.2. The van der Waals surface area contributed by atoms with Gasteiger partial charge in [0.05, 0.1) is 17.6 Å². The van der Waals surface area contributed by atoms with Crippen LogP contribution in [0.25, 0.3) is 11.0 Å². The molecular weight excluding hydrogens is 362 g/mol. The molecule has 4 rings (SSSR count). The van der Waals surface area contributed by atoms with Gasteiger partial charge in [-0.2, -0.15) is 0 Å². The second-order valence-electron chi connectivity index (χ2n) is 7.39. The van der Waals surface area contributed by atoms with Crippen molar-refractivity contribution in [3.8, 4) is 5.75 Å². The molecule has 1 fully saturated rings. The largest absolute Gasteiger partial charge is 0.491 e. The van der Waals surface area contributed by atoms with Crippen LogP contribution in [0.4, 0.5) is 0 Å². The maximum Gasteiger partial charge on any atom is 0.223 e. The predicted molar refractivity (Wildman–Crippen MR) is 115 cm³/mol. The molecule has 0 bridgehead atoms. The summed E-state index contributed by atoms with van der Waals surface area (Å²) in [5, 5.41) is 0. The van der Waals surface area contributed by atoms with Crippen molar-refractivity contribution >= 4 is 16.9 Å². The van der Waals surface area contributed by atoms with Gasteiger partial charge in [-0.15, -0.1) is 6.58 Å². The minimum Gasteiger partial charge on any atom is -0.491 e. The van der Waals surface area contributed by atoms with E-state index in [9.17, 15) is 4.79 Å². The zero-order chi connectivity index (χ0) is 20.2. The number of carbonyl (C=O) groups excluding carboxylic acids is 1. The van der Waals surface area contributed by atoms with Gasteiger partial charge in [-0.3, -0.25) is 4.79 Å². The molecule has 0 saturated carbocycles. The van der Waals surface area contributed by atoms with Gasteiger partial charge < -0.3 is 14.2 Å². The lowest BCUT2D eigenvalue weighted by atomic mass is 10.1. The highest BCUT2D eigenvalue weighted by atomic mass is 16.5. The molecule has 1 saturated heterocycles. The summed E-state index contributed by atoms with van der Waals surface area (Å²) >= 11 is 0. The zero-order valence-corrected chi connectivity index (χ0v) is 16.9. The summed E-state index contributed by atoms with van der Waals surface area (Å²) in [5.74, 6) is 2.22. The molecule has 0 aliphatic carbocycles. The van der Waals surface area contributed by atoms with Crippen LogP contribution in [0.3, 0.4) is 0 Å². The zero-order valence-electron chi connectivity index (χ0n) is 16.9. The second-order valence-corrected chi connectivity index (χ2v) is 7.39. The Morgan fingerprint density at radius 1 is 1.21 bits per heavy atom. The highest BCUT2D eigenvalue weighted by Crippen LogP contribution is 2.30. The summed E-state index contributed by atoms with van der Waals surface area (Å²) in [6.07, 6.45) is 3.20. The number of imidazole rings is 1. The fourth-order valence-electron chi connectivity index (χ4n) is 4.11. The van der Waals surface area contributed by atoms with Crippen LogP contribution in [0.1, 0.15) is 30.7 Å². The smallest absolute Gasteiger partial charge is 0.223 e. The molecule has 0 radical (unpaired) electrons. The van der Waals surface area contributed by atoms with Crippen LogP contribution in [0.2, 0.25) is 0 Å². The first-order valence-corrected chi connectivity index (χ1v) is 10.3. The van der Waals surface area contributed by atoms with E-state index in [4.69, 9.17) is 9.72 Å². The number of carbonyl (C=O) groups is 1. The first kappa shape index (κ1) is 19.2. The first-order chi connectivity index (χ1) is 14.2. The van der Waals surface area contributed by atoms with Gasteiger partial charge in [0, 0.05) is 25.4 Å². The van der Waals surface area contributed by atoms with E-state index >= 15 is 0 Å². The van der Waals surface area contributed by atoms with E-state index < -0.39 is 0 Å². The Morgan fingerprint density at radius 3 is 2.79 bits per heavy atom. The summed E-state index contributed by atoms with van der Waals surface area (Å²) in [6.45, 7) is 8.57. The van der Waals surface area contributed by atoms with Crippen LogP contribution in [0, 0.1) is 0 Å². The molecule has 0 N–H and O–H groups in total. The van der Waals surface area contributed by atoms with Gasteiger partial charge in [-0.05, 0) is 37.1 Å². The third-order valence-corrected chi connectivity index (χ3v) is 5.55. The molecule has 2 aromatic carbocycles. The van der Waals surface area contributed by atoms with E-state index in [0.29, 0.717) is 19.6 Å². The molecule has 2 heterocycles. The summed E-state index contributed by atoms with van der Waals surface area (Å²) in [7, 11) is 0. The predicted octanol–water partition coefficient (Wildman–Crippen LogP) is 4.18. The van der Waals surface area contributed by atoms with E-state index in [1.165, 1.54) is 0 Å². The fourth-order valence-corrected chi connectivity index (χ4v) is 4.11. The van der Waals surface area contributed by atoms with Crippen molar-refractivity contribution in [1.29, 1.82) is 0 Å². The lowest BCUT2D eigenvalue weighted by Gasteiger charge is -2.16. The number of hydrogen-bond acceptors (Lipinski definition) is 3. The van der Waals surface area contributed by atoms with Gasteiger partial charge in [0.25, 0.3) is 0 Å². The van der Waals surface area contributed by atoms with E-state index in [0.717, 1.165) is 47.7 Å². The highest BCUT2D eigenvalue weighted by molar-refractivity contribution is 5.80. The number of amides is 1. The van der Waals surface area contributed by atoms with Crippen LogP contribution in [-0.4, -0.2) is 40.1 Å². The number of hydrogen-bond donors (Lipinski definition) is 0. The molecule has 1 atom stereocenters. The summed E-state index contributed by atoms with van der Waals surface area (Å²) in [5.41, 5.74) is 3.20. The molecule has 1 aromatic heterocycles. The van der Waals surface area contributed by atoms with Crippen molar-refractivity contribution in [3.05, 3.63) is 72.6 Å². The van der Waals surface area contributed by atoms with Crippen molar-refractivity contribution < 1.29 is 9.53 Å². The van der Waals surface area contributed by atoms with Gasteiger partial charge in [-0.1, -0.05) is 36.4 Å². The molecule has 1 aliphatic heterocycles. The number of aromatic nitrogens is 2. The van der Waals surface area contributed by atoms with Crippen LogP contribution < -0.4 is 4.74 Å². The molecule has 1 aliphatic rings. The van der Waals surface area contributed by atoms with Crippen molar-refractivity contribution in [2.45, 2.75) is 32.2 Å². The number of likely N-dealkylation sites (tertiary alicyclic amines) is 1. The topological polar surface area (TPSA) is 47.4 Å². The molecule has 29 heavy (non-hydrogen) atoms. The van der Waals surface area contributed by atoms with Crippen molar-refractivity contribution in [2.75, 3.05) is 19.7 Å². The fraction of sp³-hybridized carbons (Fsp3) is 0.333. The Bertz CT molecular complexity index is 1020. The standard InChI is InChI=1S/C24H27N3O2/c1-3-9-18-10-5-8-13-22(18)29-15-14-27-21-12-7-6-11-20(21)25-24(27)19-16-23(28)26(4-2)17-19/h3,5-8,10-13,19H,1,4,9,14-17H2,2H3. The Balaban J connectivity index is 1.57. The number of likely N-dealkylation sites (N-methyl/N-ethyl adjacent to an activating group) is 1. The third kappa shape index (κ3) is 3.90. The van der Waals surface area contributed by atoms with E-state index in [1.807, 2.05) is 54.3 Å². The molecule has 5 nitrogen and oxygen atoms in total. The monoisotopic (exact) mass is 389 g/mol. The van der Waals surface area contributed by atoms with Gasteiger partial charge in [0.15, 0.2) is 0 Å². The average molecular weight is 389 g/mol. The number of allylic oxidation sites excluding steroid dienone is 1. The van der Waals surface area contributed by atoms with Crippen LogP contribution >= 0.6 is 0 Å².